The van der Waals surface area contributed by atoms with E-state index in [0.29, 0.717) is 13.1 Å². The van der Waals surface area contributed by atoms with Gasteiger partial charge in [-0.1, -0.05) is 60.7 Å². The molecule has 2 aromatic rings. The van der Waals surface area contributed by atoms with Gasteiger partial charge in [0.25, 0.3) is 0 Å². The summed E-state index contributed by atoms with van der Waals surface area (Å²) in [6.45, 7) is 1.70. The molecule has 2 aromatic carbocycles. The van der Waals surface area contributed by atoms with Crippen LogP contribution in [0.15, 0.2) is 60.7 Å². The minimum atomic E-state index is -0.881. The number of hydrogen-bond donors (Lipinski definition) is 1. The highest BCUT2D eigenvalue weighted by atomic mass is 16.4. The quantitative estimate of drug-likeness (QED) is 0.851. The van der Waals surface area contributed by atoms with Gasteiger partial charge in [0.2, 0.25) is 0 Å². The maximum absolute atomic E-state index is 11.7. The fourth-order valence-electron chi connectivity index (χ4n) is 2.71. The van der Waals surface area contributed by atoms with E-state index in [1.165, 1.54) is 10.5 Å². The molecule has 4 nitrogen and oxygen atoms in total. The van der Waals surface area contributed by atoms with Gasteiger partial charge in [0, 0.05) is 25.6 Å². The molecule has 0 saturated carbocycles. The largest absolute Gasteiger partial charge is 0.465 e. The van der Waals surface area contributed by atoms with Crippen LogP contribution in [-0.2, 0) is 6.54 Å². The van der Waals surface area contributed by atoms with Crippen LogP contribution in [0.5, 0.6) is 0 Å². The maximum atomic E-state index is 11.7. The van der Waals surface area contributed by atoms with Gasteiger partial charge < -0.3 is 14.9 Å². The zero-order chi connectivity index (χ0) is 16.7. The topological polar surface area (TPSA) is 43.8 Å². The van der Waals surface area contributed by atoms with Crippen molar-refractivity contribution in [3.63, 3.8) is 0 Å². The first-order chi connectivity index (χ1) is 11.1. The third kappa shape index (κ3) is 5.42. The zero-order valence-corrected chi connectivity index (χ0v) is 13.7. The highest BCUT2D eigenvalue weighted by molar-refractivity contribution is 5.65. The van der Waals surface area contributed by atoms with Crippen LogP contribution in [0.4, 0.5) is 4.79 Å². The maximum Gasteiger partial charge on any atom is 0.407 e. The van der Waals surface area contributed by atoms with Gasteiger partial charge in [-0.3, -0.25) is 0 Å². The molecule has 1 N–H and O–H groups in total. The Kier molecular flexibility index (Phi) is 6.18. The molecular formula is C19H24N2O2. The Morgan fingerprint density at radius 2 is 1.52 bits per heavy atom. The van der Waals surface area contributed by atoms with Crippen LogP contribution >= 0.6 is 0 Å². The van der Waals surface area contributed by atoms with Crippen molar-refractivity contribution in [3.8, 4) is 0 Å². The Hall–Kier alpha value is -2.33. The minimum absolute atomic E-state index is 0.144. The average Bonchev–Trinajstić information content (AvgIpc) is 2.54. The molecule has 0 aliphatic carbocycles. The summed E-state index contributed by atoms with van der Waals surface area (Å²) >= 11 is 0. The van der Waals surface area contributed by atoms with Crippen molar-refractivity contribution >= 4 is 6.09 Å². The summed E-state index contributed by atoms with van der Waals surface area (Å²) in [4.78, 5) is 15.3. The van der Waals surface area contributed by atoms with Crippen LogP contribution in [-0.4, -0.2) is 48.2 Å². The van der Waals surface area contributed by atoms with Gasteiger partial charge in [-0.25, -0.2) is 4.79 Å². The second-order valence-corrected chi connectivity index (χ2v) is 6.02. The highest BCUT2D eigenvalue weighted by Gasteiger charge is 2.20. The van der Waals surface area contributed by atoms with Crippen LogP contribution in [0.3, 0.4) is 0 Å². The number of benzene rings is 2. The Labute approximate surface area is 138 Å². The number of likely N-dealkylation sites (N-methyl/N-ethyl adjacent to an activating group) is 1. The second-order valence-electron chi connectivity index (χ2n) is 6.02. The fourth-order valence-corrected chi connectivity index (χ4v) is 2.71. The molecule has 1 unspecified atom stereocenters. The lowest BCUT2D eigenvalue weighted by atomic mass is 9.98. The van der Waals surface area contributed by atoms with Crippen LogP contribution < -0.4 is 0 Å². The summed E-state index contributed by atoms with van der Waals surface area (Å²) in [5, 5.41) is 9.58. The number of nitrogens with zero attached hydrogens (tertiary/aromatic N) is 2. The van der Waals surface area contributed by atoms with Crippen molar-refractivity contribution in [1.82, 2.24) is 9.80 Å². The standard InChI is InChI=1S/C19H24N2O2/c1-20(2)14-18(17-11-7-4-8-12-17)15-21(19(22)23)13-16-9-5-3-6-10-16/h3-12,18H,13-15H2,1-2H3,(H,22,23). The van der Waals surface area contributed by atoms with Gasteiger partial charge in [0.05, 0.1) is 0 Å². The number of rotatable bonds is 7. The molecule has 0 bridgehead atoms. The van der Waals surface area contributed by atoms with E-state index in [2.05, 4.69) is 17.0 Å². The molecular weight excluding hydrogens is 288 g/mol. The summed E-state index contributed by atoms with van der Waals surface area (Å²) in [7, 11) is 4.02. The normalized spacial score (nSPS) is 12.1. The second kappa shape index (κ2) is 8.34. The smallest absolute Gasteiger partial charge is 0.407 e. The number of carbonyl (C=O) groups is 1. The van der Waals surface area contributed by atoms with Crippen molar-refractivity contribution in [1.29, 1.82) is 0 Å². The Bertz CT molecular complexity index is 599. The van der Waals surface area contributed by atoms with Gasteiger partial charge in [-0.05, 0) is 25.2 Å². The molecule has 0 heterocycles. The Balaban J connectivity index is 2.15. The molecule has 0 spiro atoms. The predicted molar refractivity (Wildman–Crippen MR) is 92.6 cm³/mol. The van der Waals surface area contributed by atoms with Gasteiger partial charge in [-0.2, -0.15) is 0 Å². The van der Waals surface area contributed by atoms with Crippen molar-refractivity contribution in [2.75, 3.05) is 27.2 Å². The third-order valence-electron chi connectivity index (χ3n) is 3.78. The molecule has 0 saturated heterocycles. The summed E-state index contributed by atoms with van der Waals surface area (Å²) in [5.41, 5.74) is 2.17. The fraction of sp³-hybridized carbons (Fsp3) is 0.316. The first kappa shape index (κ1) is 17.0. The van der Waals surface area contributed by atoms with E-state index in [1.54, 1.807) is 0 Å². The van der Waals surface area contributed by atoms with E-state index in [-0.39, 0.29) is 5.92 Å². The SMILES string of the molecule is CN(C)CC(CN(Cc1ccccc1)C(=O)O)c1ccccc1. The molecule has 1 amide bonds. The number of carboxylic acid groups (broad SMARTS) is 1. The lowest BCUT2D eigenvalue weighted by Gasteiger charge is -2.28. The van der Waals surface area contributed by atoms with Crippen LogP contribution in [0.1, 0.15) is 17.0 Å². The third-order valence-corrected chi connectivity index (χ3v) is 3.78. The van der Waals surface area contributed by atoms with E-state index in [9.17, 15) is 9.90 Å². The molecule has 23 heavy (non-hydrogen) atoms. The predicted octanol–water partition coefficient (Wildman–Crippen LogP) is 3.51. The van der Waals surface area contributed by atoms with Crippen LogP contribution in [0, 0.1) is 0 Å². The van der Waals surface area contributed by atoms with Crippen molar-refractivity contribution in [2.45, 2.75) is 12.5 Å². The van der Waals surface area contributed by atoms with Gasteiger partial charge in [0.15, 0.2) is 0 Å². The van der Waals surface area contributed by atoms with Crippen LogP contribution in [0.25, 0.3) is 0 Å². The molecule has 0 aliphatic heterocycles. The number of hydrogen-bond acceptors (Lipinski definition) is 2. The molecule has 0 radical (unpaired) electrons. The average molecular weight is 312 g/mol. The van der Waals surface area contributed by atoms with E-state index < -0.39 is 6.09 Å². The molecule has 4 heteroatoms. The van der Waals surface area contributed by atoms with Gasteiger partial charge in [0.1, 0.15) is 0 Å². The lowest BCUT2D eigenvalue weighted by Crippen LogP contribution is -2.36. The van der Waals surface area contributed by atoms with Crippen molar-refractivity contribution in [3.05, 3.63) is 71.8 Å². The number of amides is 1. The summed E-state index contributed by atoms with van der Waals surface area (Å²) < 4.78 is 0. The monoisotopic (exact) mass is 312 g/mol. The Morgan fingerprint density at radius 3 is 2.04 bits per heavy atom. The van der Waals surface area contributed by atoms with Crippen molar-refractivity contribution in [2.24, 2.45) is 0 Å². The summed E-state index contributed by atoms with van der Waals surface area (Å²) in [5.74, 6) is 0.144. The van der Waals surface area contributed by atoms with E-state index in [4.69, 9.17) is 0 Å². The van der Waals surface area contributed by atoms with E-state index >= 15 is 0 Å². The molecule has 0 fully saturated rings. The molecule has 0 aromatic heterocycles. The Morgan fingerprint density at radius 1 is 0.957 bits per heavy atom. The lowest BCUT2D eigenvalue weighted by molar-refractivity contribution is 0.136. The van der Waals surface area contributed by atoms with E-state index in [0.717, 1.165) is 12.1 Å². The van der Waals surface area contributed by atoms with Crippen LogP contribution in [0.2, 0.25) is 0 Å². The zero-order valence-electron chi connectivity index (χ0n) is 13.7. The highest BCUT2D eigenvalue weighted by Crippen LogP contribution is 2.19. The minimum Gasteiger partial charge on any atom is -0.465 e. The first-order valence-electron chi connectivity index (χ1n) is 7.77. The summed E-state index contributed by atoms with van der Waals surface area (Å²) in [6.07, 6.45) is -0.881. The molecule has 2 rings (SSSR count). The summed E-state index contributed by atoms with van der Waals surface area (Å²) in [6, 6.07) is 19.8. The van der Waals surface area contributed by atoms with E-state index in [1.807, 2.05) is 62.6 Å². The van der Waals surface area contributed by atoms with Gasteiger partial charge >= 0.3 is 6.09 Å². The molecule has 122 valence electrons. The first-order valence-corrected chi connectivity index (χ1v) is 7.77. The molecule has 1 atom stereocenters. The van der Waals surface area contributed by atoms with Gasteiger partial charge in [-0.15, -0.1) is 0 Å². The van der Waals surface area contributed by atoms with Crippen molar-refractivity contribution < 1.29 is 9.90 Å². The molecule has 0 aliphatic rings.